The summed E-state index contributed by atoms with van der Waals surface area (Å²) in [5.74, 6) is 3.94. The van der Waals surface area contributed by atoms with Crippen LogP contribution in [0.2, 0.25) is 0 Å². The molecule has 0 aliphatic carbocycles. The highest BCUT2D eigenvalue weighted by Crippen LogP contribution is 2.23. The molecule has 0 atom stereocenters. The summed E-state index contributed by atoms with van der Waals surface area (Å²) in [5.41, 5.74) is 0. The van der Waals surface area contributed by atoms with Crippen LogP contribution < -0.4 is 19.3 Å². The Labute approximate surface area is 162 Å². The number of methoxy groups -OCH3 is 2. The first kappa shape index (κ1) is 18.0. The summed E-state index contributed by atoms with van der Waals surface area (Å²) < 4.78 is 12.2. The number of anilines is 2. The molecule has 4 rings (SSSR count). The Bertz CT molecular complexity index is 917. The van der Waals surface area contributed by atoms with Gasteiger partial charge in [0.05, 0.1) is 20.3 Å². The standard InChI is InChI=1S/C18H22N8O2/c1-13-20-14(11-15(21-13)26-6-4-5-19-26)24-7-9-25(10-8-24)18-22-16(27-2)12-17(23-18)28-3/h4-6,11-12H,7-10H2,1-3H3. The van der Waals surface area contributed by atoms with Gasteiger partial charge in [0, 0.05) is 44.6 Å². The van der Waals surface area contributed by atoms with Crippen molar-refractivity contribution in [3.8, 4) is 17.6 Å². The van der Waals surface area contributed by atoms with Crippen molar-refractivity contribution in [1.29, 1.82) is 0 Å². The molecule has 0 unspecified atom stereocenters. The number of hydrogen-bond donors (Lipinski definition) is 0. The van der Waals surface area contributed by atoms with Crippen molar-refractivity contribution in [2.45, 2.75) is 6.92 Å². The molecular formula is C18H22N8O2. The monoisotopic (exact) mass is 382 g/mol. The Morgan fingerprint density at radius 3 is 2.07 bits per heavy atom. The van der Waals surface area contributed by atoms with E-state index in [1.165, 1.54) is 0 Å². The van der Waals surface area contributed by atoms with E-state index >= 15 is 0 Å². The molecule has 1 saturated heterocycles. The van der Waals surface area contributed by atoms with E-state index in [2.05, 4.69) is 34.8 Å². The molecular weight excluding hydrogens is 360 g/mol. The topological polar surface area (TPSA) is 94.3 Å². The number of hydrogen-bond acceptors (Lipinski definition) is 9. The lowest BCUT2D eigenvalue weighted by Crippen LogP contribution is -2.47. The Balaban J connectivity index is 1.50. The maximum Gasteiger partial charge on any atom is 0.232 e. The number of piperazine rings is 1. The highest BCUT2D eigenvalue weighted by Gasteiger charge is 2.22. The van der Waals surface area contributed by atoms with Gasteiger partial charge in [0.25, 0.3) is 0 Å². The average molecular weight is 382 g/mol. The van der Waals surface area contributed by atoms with Crippen molar-refractivity contribution in [3.05, 3.63) is 36.4 Å². The number of ether oxygens (including phenoxy) is 2. The molecule has 0 radical (unpaired) electrons. The molecule has 4 heterocycles. The first-order valence-electron chi connectivity index (χ1n) is 8.99. The van der Waals surface area contributed by atoms with Crippen molar-refractivity contribution in [2.24, 2.45) is 0 Å². The molecule has 146 valence electrons. The average Bonchev–Trinajstić information content (AvgIpc) is 3.28. The fourth-order valence-corrected chi connectivity index (χ4v) is 3.10. The van der Waals surface area contributed by atoms with Gasteiger partial charge in [-0.3, -0.25) is 0 Å². The lowest BCUT2D eigenvalue weighted by molar-refractivity contribution is 0.371. The molecule has 0 amide bonds. The summed E-state index contributed by atoms with van der Waals surface area (Å²) in [6, 6.07) is 5.50. The molecule has 1 fully saturated rings. The van der Waals surface area contributed by atoms with Crippen molar-refractivity contribution < 1.29 is 9.47 Å². The Hall–Kier alpha value is -3.43. The van der Waals surface area contributed by atoms with Crippen molar-refractivity contribution >= 4 is 11.8 Å². The molecule has 10 nitrogen and oxygen atoms in total. The minimum atomic E-state index is 0.486. The second-order valence-corrected chi connectivity index (χ2v) is 6.31. The van der Waals surface area contributed by atoms with Crippen LogP contribution in [-0.2, 0) is 0 Å². The molecule has 1 aliphatic rings. The van der Waals surface area contributed by atoms with Gasteiger partial charge in [-0.15, -0.1) is 0 Å². The SMILES string of the molecule is COc1cc(OC)nc(N2CCN(c3cc(-n4cccn4)nc(C)n3)CC2)n1. The normalized spacial score (nSPS) is 14.2. The van der Waals surface area contributed by atoms with Gasteiger partial charge in [-0.25, -0.2) is 14.6 Å². The highest BCUT2D eigenvalue weighted by atomic mass is 16.5. The lowest BCUT2D eigenvalue weighted by Gasteiger charge is -2.35. The first-order chi connectivity index (χ1) is 13.7. The fraction of sp³-hybridized carbons (Fsp3) is 0.389. The third-order valence-corrected chi connectivity index (χ3v) is 4.52. The fourth-order valence-electron chi connectivity index (χ4n) is 3.10. The van der Waals surface area contributed by atoms with Gasteiger partial charge in [-0.1, -0.05) is 0 Å². The molecule has 0 saturated carbocycles. The predicted molar refractivity (Wildman–Crippen MR) is 103 cm³/mol. The minimum absolute atomic E-state index is 0.486. The molecule has 0 bridgehead atoms. The van der Waals surface area contributed by atoms with E-state index in [0.29, 0.717) is 23.5 Å². The Morgan fingerprint density at radius 2 is 1.46 bits per heavy atom. The smallest absolute Gasteiger partial charge is 0.232 e. The Morgan fingerprint density at radius 1 is 0.821 bits per heavy atom. The van der Waals surface area contributed by atoms with Gasteiger partial charge in [0.1, 0.15) is 11.6 Å². The zero-order chi connectivity index (χ0) is 19.5. The van der Waals surface area contributed by atoms with E-state index < -0.39 is 0 Å². The van der Waals surface area contributed by atoms with E-state index in [1.54, 1.807) is 31.2 Å². The van der Waals surface area contributed by atoms with E-state index in [4.69, 9.17) is 9.47 Å². The molecule has 28 heavy (non-hydrogen) atoms. The van der Waals surface area contributed by atoms with E-state index in [0.717, 1.165) is 37.8 Å². The summed E-state index contributed by atoms with van der Waals surface area (Å²) in [5, 5.41) is 4.26. The van der Waals surface area contributed by atoms with Crippen LogP contribution in [0.25, 0.3) is 5.82 Å². The predicted octanol–water partition coefficient (Wildman–Crippen LogP) is 1.10. The third kappa shape index (κ3) is 3.66. The molecule has 0 N–H and O–H groups in total. The van der Waals surface area contributed by atoms with E-state index in [-0.39, 0.29) is 0 Å². The summed E-state index contributed by atoms with van der Waals surface area (Å²) >= 11 is 0. The Kier molecular flexibility index (Phi) is 4.92. The van der Waals surface area contributed by atoms with Gasteiger partial charge in [-0.2, -0.15) is 15.1 Å². The molecule has 10 heteroatoms. The van der Waals surface area contributed by atoms with Crippen LogP contribution in [0, 0.1) is 6.92 Å². The second-order valence-electron chi connectivity index (χ2n) is 6.31. The quantitative estimate of drug-likeness (QED) is 0.643. The zero-order valence-electron chi connectivity index (χ0n) is 16.1. The van der Waals surface area contributed by atoms with Crippen LogP contribution in [0.15, 0.2) is 30.6 Å². The summed E-state index contributed by atoms with van der Waals surface area (Å²) in [4.78, 5) is 22.3. The summed E-state index contributed by atoms with van der Waals surface area (Å²) in [6.07, 6.45) is 3.61. The number of rotatable bonds is 5. The molecule has 0 aromatic carbocycles. The van der Waals surface area contributed by atoms with Crippen molar-refractivity contribution in [3.63, 3.8) is 0 Å². The van der Waals surface area contributed by atoms with Crippen LogP contribution in [0.5, 0.6) is 11.8 Å². The largest absolute Gasteiger partial charge is 0.481 e. The highest BCUT2D eigenvalue weighted by molar-refractivity contribution is 5.47. The summed E-state index contributed by atoms with van der Waals surface area (Å²) in [6.45, 7) is 4.99. The van der Waals surface area contributed by atoms with Crippen molar-refractivity contribution in [1.82, 2.24) is 29.7 Å². The number of nitrogens with zero attached hydrogens (tertiary/aromatic N) is 8. The number of aromatic nitrogens is 6. The van der Waals surface area contributed by atoms with Crippen LogP contribution >= 0.6 is 0 Å². The van der Waals surface area contributed by atoms with Gasteiger partial charge >= 0.3 is 0 Å². The van der Waals surface area contributed by atoms with Gasteiger partial charge < -0.3 is 19.3 Å². The second kappa shape index (κ2) is 7.67. The third-order valence-electron chi connectivity index (χ3n) is 4.52. The van der Waals surface area contributed by atoms with E-state index in [9.17, 15) is 0 Å². The van der Waals surface area contributed by atoms with Crippen LogP contribution in [0.4, 0.5) is 11.8 Å². The zero-order valence-corrected chi connectivity index (χ0v) is 16.1. The number of aryl methyl sites for hydroxylation is 1. The van der Waals surface area contributed by atoms with Crippen molar-refractivity contribution in [2.75, 3.05) is 50.2 Å². The lowest BCUT2D eigenvalue weighted by atomic mass is 10.3. The molecule has 3 aromatic rings. The van der Waals surface area contributed by atoms with Crippen LogP contribution in [0.1, 0.15) is 5.82 Å². The van der Waals surface area contributed by atoms with Gasteiger partial charge in [0.2, 0.25) is 17.7 Å². The van der Waals surface area contributed by atoms with E-state index in [1.807, 2.05) is 25.3 Å². The van der Waals surface area contributed by atoms with Crippen LogP contribution in [0.3, 0.4) is 0 Å². The van der Waals surface area contributed by atoms with Gasteiger partial charge in [0.15, 0.2) is 5.82 Å². The first-order valence-corrected chi connectivity index (χ1v) is 8.99. The van der Waals surface area contributed by atoms with Crippen LogP contribution in [-0.4, -0.2) is 70.1 Å². The maximum absolute atomic E-state index is 5.25. The molecule has 1 aliphatic heterocycles. The summed E-state index contributed by atoms with van der Waals surface area (Å²) in [7, 11) is 3.16. The molecule has 0 spiro atoms. The maximum atomic E-state index is 5.25. The molecule has 3 aromatic heterocycles. The van der Waals surface area contributed by atoms with Gasteiger partial charge in [-0.05, 0) is 13.0 Å². The minimum Gasteiger partial charge on any atom is -0.481 e.